The van der Waals surface area contributed by atoms with Crippen molar-refractivity contribution in [3.63, 3.8) is 0 Å². The molecule has 1 saturated heterocycles. The first-order valence-electron chi connectivity index (χ1n) is 14.1. The summed E-state index contributed by atoms with van der Waals surface area (Å²) in [4.78, 5) is 36.1. The van der Waals surface area contributed by atoms with Crippen molar-refractivity contribution in [1.29, 1.82) is 0 Å². The minimum Gasteiger partial charge on any atom is -0.482 e. The van der Waals surface area contributed by atoms with Gasteiger partial charge in [0, 0.05) is 73.3 Å². The smallest absolute Gasteiger partial charge is 0.253 e. The number of carbonyl (C=O) groups is 1. The highest BCUT2D eigenvalue weighted by atomic mass is 16.5. The molecule has 40 heavy (non-hydrogen) atoms. The number of aryl methyl sites for hydroxylation is 2. The molecule has 2 aromatic heterocycles. The molecular weight excluding hydrogens is 502 g/mol. The van der Waals surface area contributed by atoms with Crippen LogP contribution in [0.2, 0.25) is 0 Å². The lowest BCUT2D eigenvalue weighted by molar-refractivity contribution is 0.0950. The minimum absolute atomic E-state index is 0.153. The van der Waals surface area contributed by atoms with Crippen molar-refractivity contribution in [2.45, 2.75) is 59.1 Å². The Labute approximate surface area is 235 Å². The van der Waals surface area contributed by atoms with Crippen molar-refractivity contribution < 1.29 is 9.53 Å². The number of ether oxygens (including phenoxy) is 1. The number of benzene rings is 1. The van der Waals surface area contributed by atoms with Crippen LogP contribution in [-0.2, 0) is 19.4 Å². The van der Waals surface area contributed by atoms with Crippen LogP contribution in [0.5, 0.6) is 5.75 Å². The Bertz CT molecular complexity index is 1490. The second-order valence-electron chi connectivity index (χ2n) is 11.2. The number of aromatic amines is 1. The lowest BCUT2D eigenvalue weighted by Crippen LogP contribution is -2.43. The molecule has 1 fully saturated rings. The average Bonchev–Trinajstić information content (AvgIpc) is 3.30. The number of hydrogen-bond donors (Lipinski definition) is 3. The number of fused-ring (bicyclic) bond motifs is 1. The Morgan fingerprint density at radius 3 is 2.67 bits per heavy atom. The van der Waals surface area contributed by atoms with E-state index >= 15 is 0 Å². The fourth-order valence-electron chi connectivity index (χ4n) is 5.52. The summed E-state index contributed by atoms with van der Waals surface area (Å²) < 4.78 is 6.50. The lowest BCUT2D eigenvalue weighted by Gasteiger charge is -2.28. The van der Waals surface area contributed by atoms with Crippen LogP contribution in [0.3, 0.4) is 0 Å². The Kier molecular flexibility index (Phi) is 7.81. The summed E-state index contributed by atoms with van der Waals surface area (Å²) in [5.41, 5.74) is 5.81. The summed E-state index contributed by atoms with van der Waals surface area (Å²) in [6, 6.07) is 9.84. The van der Waals surface area contributed by atoms with E-state index in [1.165, 1.54) is 0 Å². The van der Waals surface area contributed by atoms with Crippen molar-refractivity contribution in [2.75, 3.05) is 31.1 Å². The lowest BCUT2D eigenvalue weighted by atomic mass is 9.91. The molecule has 210 valence electrons. The third-order valence-electron chi connectivity index (χ3n) is 7.99. The predicted octanol–water partition coefficient (Wildman–Crippen LogP) is 4.31. The van der Waals surface area contributed by atoms with Gasteiger partial charge in [-0.25, -0.2) is 4.98 Å². The second-order valence-corrected chi connectivity index (χ2v) is 11.2. The van der Waals surface area contributed by atoms with Crippen LogP contribution in [0.15, 0.2) is 53.5 Å². The predicted molar refractivity (Wildman–Crippen MR) is 159 cm³/mol. The fourth-order valence-corrected chi connectivity index (χ4v) is 5.52. The third kappa shape index (κ3) is 5.54. The van der Waals surface area contributed by atoms with Crippen molar-refractivity contribution in [3.05, 3.63) is 87.0 Å². The zero-order valence-corrected chi connectivity index (χ0v) is 23.9. The number of rotatable bonds is 8. The van der Waals surface area contributed by atoms with Gasteiger partial charge in [-0.1, -0.05) is 19.9 Å². The summed E-state index contributed by atoms with van der Waals surface area (Å²) in [5, 5.41) is 6.36. The first-order valence-corrected chi connectivity index (χ1v) is 14.1. The van der Waals surface area contributed by atoms with Gasteiger partial charge in [0.2, 0.25) is 0 Å². The van der Waals surface area contributed by atoms with Gasteiger partial charge in [-0.05, 0) is 74.2 Å². The monoisotopic (exact) mass is 541 g/mol. The first-order chi connectivity index (χ1) is 19.2. The van der Waals surface area contributed by atoms with E-state index in [2.05, 4.69) is 34.0 Å². The minimum atomic E-state index is -0.551. The van der Waals surface area contributed by atoms with Crippen LogP contribution in [0, 0.1) is 6.92 Å². The van der Waals surface area contributed by atoms with Crippen LogP contribution in [0.1, 0.15) is 59.9 Å². The van der Waals surface area contributed by atoms with Gasteiger partial charge in [0.15, 0.2) is 0 Å². The van der Waals surface area contributed by atoms with Crippen LogP contribution >= 0.6 is 0 Å². The average molecular weight is 542 g/mol. The number of anilines is 1. The molecule has 1 aromatic carbocycles. The molecule has 2 aliphatic rings. The van der Waals surface area contributed by atoms with Gasteiger partial charge in [-0.2, -0.15) is 0 Å². The number of pyridine rings is 2. The van der Waals surface area contributed by atoms with E-state index in [0.29, 0.717) is 17.5 Å². The summed E-state index contributed by atoms with van der Waals surface area (Å²) in [5.74, 6) is 1.47. The van der Waals surface area contributed by atoms with Gasteiger partial charge >= 0.3 is 0 Å². The highest BCUT2D eigenvalue weighted by Crippen LogP contribution is 2.45. The van der Waals surface area contributed by atoms with Crippen LogP contribution in [0.4, 0.5) is 5.82 Å². The van der Waals surface area contributed by atoms with E-state index < -0.39 is 5.60 Å². The summed E-state index contributed by atoms with van der Waals surface area (Å²) in [6.45, 7) is 16.0. The molecule has 1 unspecified atom stereocenters. The standard InChI is InChI=1S/C32H39N5O3/c1-6-7-22-14-21(4)36-31(39)27(22)19-35-30(38)24-15-25-17-32(5,20(2)3)40-29(25)26(16-24)23-8-9-28(34-18-23)37-12-10-33-11-13-37/h8-9,14-16,18,33H,2,6-7,10-13,17,19H2,1,3-5H3,(H,35,38)(H,36,39). The van der Waals surface area contributed by atoms with E-state index in [1.807, 2.05) is 57.3 Å². The number of carbonyl (C=O) groups excluding carboxylic acids is 1. The highest BCUT2D eigenvalue weighted by molar-refractivity contribution is 5.97. The molecule has 3 N–H and O–H groups in total. The molecule has 8 nitrogen and oxygen atoms in total. The van der Waals surface area contributed by atoms with Gasteiger partial charge in [0.25, 0.3) is 11.5 Å². The number of nitrogens with zero attached hydrogens (tertiary/aromatic N) is 2. The van der Waals surface area contributed by atoms with Crippen molar-refractivity contribution in [1.82, 2.24) is 20.6 Å². The van der Waals surface area contributed by atoms with E-state index in [9.17, 15) is 9.59 Å². The second kappa shape index (κ2) is 11.3. The fraction of sp³-hybridized carbons (Fsp3) is 0.406. The van der Waals surface area contributed by atoms with E-state index in [4.69, 9.17) is 9.72 Å². The van der Waals surface area contributed by atoms with Crippen molar-refractivity contribution in [3.8, 4) is 16.9 Å². The summed E-state index contributed by atoms with van der Waals surface area (Å²) in [7, 11) is 0. The number of amides is 1. The maximum atomic E-state index is 13.5. The Morgan fingerprint density at radius 2 is 2.00 bits per heavy atom. The molecule has 0 aliphatic carbocycles. The molecule has 0 bridgehead atoms. The number of hydrogen-bond acceptors (Lipinski definition) is 6. The normalized spacial score (nSPS) is 18.2. The van der Waals surface area contributed by atoms with Crippen LogP contribution < -0.4 is 25.8 Å². The molecule has 5 rings (SSSR count). The number of aromatic nitrogens is 2. The van der Waals surface area contributed by atoms with Crippen molar-refractivity contribution in [2.24, 2.45) is 0 Å². The quantitative estimate of drug-likeness (QED) is 0.368. The zero-order chi connectivity index (χ0) is 28.4. The molecule has 1 atom stereocenters. The maximum Gasteiger partial charge on any atom is 0.253 e. The summed E-state index contributed by atoms with van der Waals surface area (Å²) in [6.07, 6.45) is 4.18. The molecule has 2 aliphatic heterocycles. The zero-order valence-electron chi connectivity index (χ0n) is 23.9. The molecular formula is C32H39N5O3. The Hall–Kier alpha value is -3.91. The molecule has 0 spiro atoms. The van der Waals surface area contributed by atoms with Gasteiger partial charge < -0.3 is 25.3 Å². The molecule has 0 radical (unpaired) electrons. The van der Waals surface area contributed by atoms with Crippen LogP contribution in [0.25, 0.3) is 11.1 Å². The number of H-pyrrole nitrogens is 1. The third-order valence-corrected chi connectivity index (χ3v) is 7.99. The van der Waals surface area contributed by atoms with E-state index in [1.54, 1.807) is 0 Å². The highest BCUT2D eigenvalue weighted by Gasteiger charge is 2.38. The van der Waals surface area contributed by atoms with Crippen molar-refractivity contribution >= 4 is 11.7 Å². The Morgan fingerprint density at radius 1 is 1.23 bits per heavy atom. The SMILES string of the molecule is C=C(C)C1(C)Cc2cc(C(=O)NCc3c(CCC)cc(C)[nH]c3=O)cc(-c3ccc(N4CCNCC4)nc3)c2O1. The van der Waals surface area contributed by atoms with Gasteiger partial charge in [0.05, 0.1) is 0 Å². The largest absolute Gasteiger partial charge is 0.482 e. The maximum absolute atomic E-state index is 13.5. The topological polar surface area (TPSA) is 99.4 Å². The summed E-state index contributed by atoms with van der Waals surface area (Å²) >= 11 is 0. The van der Waals surface area contributed by atoms with Gasteiger partial charge in [0.1, 0.15) is 17.2 Å². The molecule has 3 aromatic rings. The van der Waals surface area contributed by atoms with E-state index in [-0.39, 0.29) is 18.0 Å². The molecule has 1 amide bonds. The molecule has 0 saturated carbocycles. The number of piperazine rings is 1. The number of nitrogens with one attached hydrogen (secondary N) is 3. The van der Waals surface area contributed by atoms with Crippen LogP contribution in [-0.4, -0.2) is 47.7 Å². The molecule has 8 heteroatoms. The van der Waals surface area contributed by atoms with Gasteiger partial charge in [-0.3, -0.25) is 9.59 Å². The van der Waals surface area contributed by atoms with E-state index in [0.717, 1.165) is 84.1 Å². The first kappa shape index (κ1) is 27.6. The Balaban J connectivity index is 1.46. The molecule has 4 heterocycles. The van der Waals surface area contributed by atoms with Gasteiger partial charge in [-0.15, -0.1) is 0 Å².